The molecular weight excluding hydrogens is 344 g/mol. The Hall–Kier alpha value is -2.02. The molecule has 0 aliphatic carbocycles. The smallest absolute Gasteiger partial charge is 0.258 e. The van der Waals surface area contributed by atoms with Crippen molar-refractivity contribution in [3.63, 3.8) is 0 Å². The minimum atomic E-state index is -0.774. The number of para-hydroxylation sites is 1. The zero-order chi connectivity index (χ0) is 15.4. The highest BCUT2D eigenvalue weighted by molar-refractivity contribution is 9.10. The molecule has 0 aliphatic heterocycles. The lowest BCUT2D eigenvalue weighted by Crippen LogP contribution is -2.16. The summed E-state index contributed by atoms with van der Waals surface area (Å²) in [6, 6.07) is 5.50. The summed E-state index contributed by atoms with van der Waals surface area (Å²) in [5.41, 5.74) is -0.250. The third-order valence-electron chi connectivity index (χ3n) is 2.68. The van der Waals surface area contributed by atoms with Crippen LogP contribution in [0.5, 0.6) is 0 Å². The molecule has 1 aromatic heterocycles. The van der Waals surface area contributed by atoms with Gasteiger partial charge in [-0.3, -0.25) is 4.79 Å². The van der Waals surface area contributed by atoms with E-state index in [-0.39, 0.29) is 17.1 Å². The van der Waals surface area contributed by atoms with Gasteiger partial charge >= 0.3 is 0 Å². The number of hydrogen-bond donors (Lipinski definition) is 2. The molecule has 1 heterocycles. The minimum absolute atomic E-state index is 0.0160. The molecule has 1 amide bonds. The number of nitrogens with one attached hydrogen (secondary N) is 2. The standard InChI is InChI=1S/C14H12BrF2N3O/c1-2-18-13-11(17)8(6-7-19-13)14(21)20-12-9(15)4-3-5-10(12)16/h3-7H,2H2,1H3,(H,18,19)(H,20,21). The van der Waals surface area contributed by atoms with Gasteiger partial charge in [-0.15, -0.1) is 0 Å². The van der Waals surface area contributed by atoms with E-state index >= 15 is 0 Å². The number of amides is 1. The van der Waals surface area contributed by atoms with Crippen molar-refractivity contribution in [3.05, 3.63) is 52.1 Å². The molecule has 0 fully saturated rings. The van der Waals surface area contributed by atoms with Gasteiger partial charge in [-0.1, -0.05) is 6.07 Å². The topological polar surface area (TPSA) is 54.0 Å². The van der Waals surface area contributed by atoms with Crippen LogP contribution in [0.15, 0.2) is 34.9 Å². The van der Waals surface area contributed by atoms with Gasteiger partial charge in [0.15, 0.2) is 11.6 Å². The third kappa shape index (κ3) is 3.36. The normalized spacial score (nSPS) is 10.3. The molecule has 2 aromatic rings. The number of anilines is 2. The van der Waals surface area contributed by atoms with Crippen LogP contribution < -0.4 is 10.6 Å². The number of nitrogens with zero attached hydrogens (tertiary/aromatic N) is 1. The zero-order valence-corrected chi connectivity index (χ0v) is 12.7. The number of rotatable bonds is 4. The van der Waals surface area contributed by atoms with Gasteiger partial charge in [-0.25, -0.2) is 13.8 Å². The Morgan fingerprint density at radius 2 is 2.10 bits per heavy atom. The first kappa shape index (κ1) is 15.4. The molecule has 4 nitrogen and oxygen atoms in total. The van der Waals surface area contributed by atoms with Gasteiger partial charge < -0.3 is 10.6 Å². The summed E-state index contributed by atoms with van der Waals surface area (Å²) in [5, 5.41) is 5.06. The van der Waals surface area contributed by atoms with Crippen LogP contribution in [0.3, 0.4) is 0 Å². The largest absolute Gasteiger partial charge is 0.368 e. The van der Waals surface area contributed by atoms with E-state index in [9.17, 15) is 13.6 Å². The van der Waals surface area contributed by atoms with E-state index < -0.39 is 17.5 Å². The van der Waals surface area contributed by atoms with Crippen molar-refractivity contribution < 1.29 is 13.6 Å². The highest BCUT2D eigenvalue weighted by Gasteiger charge is 2.18. The highest BCUT2D eigenvalue weighted by Crippen LogP contribution is 2.26. The molecule has 0 spiro atoms. The molecule has 0 saturated carbocycles. The zero-order valence-electron chi connectivity index (χ0n) is 11.1. The van der Waals surface area contributed by atoms with Crippen LogP contribution in [0.25, 0.3) is 0 Å². The molecule has 1 aromatic carbocycles. The summed E-state index contributed by atoms with van der Waals surface area (Å²) in [7, 11) is 0. The second-order valence-electron chi connectivity index (χ2n) is 4.10. The molecule has 0 radical (unpaired) electrons. The van der Waals surface area contributed by atoms with E-state index in [1.807, 2.05) is 0 Å². The van der Waals surface area contributed by atoms with Crippen molar-refractivity contribution in [2.45, 2.75) is 6.92 Å². The molecule has 0 saturated heterocycles. The average molecular weight is 356 g/mol. The second kappa shape index (κ2) is 6.62. The van der Waals surface area contributed by atoms with E-state index in [2.05, 4.69) is 31.5 Å². The van der Waals surface area contributed by atoms with Gasteiger partial charge in [0, 0.05) is 17.2 Å². The van der Waals surface area contributed by atoms with Gasteiger partial charge in [0.25, 0.3) is 5.91 Å². The van der Waals surface area contributed by atoms with Crippen LogP contribution >= 0.6 is 15.9 Å². The summed E-state index contributed by atoms with van der Waals surface area (Å²) in [6.45, 7) is 2.25. The number of benzene rings is 1. The van der Waals surface area contributed by atoms with Crippen molar-refractivity contribution in [1.82, 2.24) is 4.98 Å². The Morgan fingerprint density at radius 1 is 1.33 bits per heavy atom. The van der Waals surface area contributed by atoms with Crippen LogP contribution in [0.1, 0.15) is 17.3 Å². The summed E-state index contributed by atoms with van der Waals surface area (Å²) >= 11 is 3.13. The molecule has 0 aliphatic rings. The molecule has 2 rings (SSSR count). The van der Waals surface area contributed by atoms with Gasteiger partial charge in [0.2, 0.25) is 0 Å². The fraction of sp³-hybridized carbons (Fsp3) is 0.143. The van der Waals surface area contributed by atoms with Crippen molar-refractivity contribution in [3.8, 4) is 0 Å². The predicted molar refractivity (Wildman–Crippen MR) is 80.4 cm³/mol. The van der Waals surface area contributed by atoms with Crippen molar-refractivity contribution >= 4 is 33.3 Å². The number of aromatic nitrogens is 1. The van der Waals surface area contributed by atoms with Crippen LogP contribution in [-0.4, -0.2) is 17.4 Å². The Labute approximate surface area is 128 Å². The number of carbonyl (C=O) groups excluding carboxylic acids is 1. The Morgan fingerprint density at radius 3 is 2.76 bits per heavy atom. The number of halogens is 3. The molecule has 0 unspecified atom stereocenters. The molecule has 0 atom stereocenters. The lowest BCUT2D eigenvalue weighted by Gasteiger charge is -2.10. The van der Waals surface area contributed by atoms with Gasteiger partial charge in [-0.05, 0) is 41.1 Å². The van der Waals surface area contributed by atoms with Gasteiger partial charge in [-0.2, -0.15) is 0 Å². The van der Waals surface area contributed by atoms with Crippen LogP contribution in [0.2, 0.25) is 0 Å². The number of pyridine rings is 1. The van der Waals surface area contributed by atoms with Crippen LogP contribution in [0, 0.1) is 11.6 Å². The van der Waals surface area contributed by atoms with Crippen molar-refractivity contribution in [2.75, 3.05) is 17.2 Å². The second-order valence-corrected chi connectivity index (χ2v) is 4.96. The van der Waals surface area contributed by atoms with Crippen LogP contribution in [0.4, 0.5) is 20.3 Å². The van der Waals surface area contributed by atoms with Crippen molar-refractivity contribution in [2.24, 2.45) is 0 Å². The molecular formula is C14H12BrF2N3O. The van der Waals surface area contributed by atoms with Gasteiger partial charge in [0.05, 0.1) is 11.3 Å². The quantitative estimate of drug-likeness (QED) is 0.876. The van der Waals surface area contributed by atoms with Gasteiger partial charge in [0.1, 0.15) is 5.82 Å². The summed E-state index contributed by atoms with van der Waals surface area (Å²) < 4.78 is 28.2. The molecule has 110 valence electrons. The van der Waals surface area contributed by atoms with E-state index in [0.29, 0.717) is 11.0 Å². The maximum atomic E-state index is 14.1. The molecule has 21 heavy (non-hydrogen) atoms. The highest BCUT2D eigenvalue weighted by atomic mass is 79.9. The Kier molecular flexibility index (Phi) is 4.85. The first-order chi connectivity index (χ1) is 10.0. The molecule has 0 bridgehead atoms. The number of carbonyl (C=O) groups is 1. The summed E-state index contributed by atoms with van der Waals surface area (Å²) in [4.78, 5) is 15.9. The molecule has 7 heteroatoms. The lowest BCUT2D eigenvalue weighted by molar-refractivity contribution is 0.102. The Bertz CT molecular complexity index is 659. The predicted octanol–water partition coefficient (Wildman–Crippen LogP) is 3.81. The molecule has 2 N–H and O–H groups in total. The Balaban J connectivity index is 2.31. The monoisotopic (exact) mass is 355 g/mol. The SMILES string of the molecule is CCNc1nccc(C(=O)Nc2c(F)cccc2Br)c1F. The van der Waals surface area contributed by atoms with E-state index in [0.717, 1.165) is 0 Å². The first-order valence-electron chi connectivity index (χ1n) is 6.18. The maximum absolute atomic E-state index is 14.1. The van der Waals surface area contributed by atoms with E-state index in [1.165, 1.54) is 24.4 Å². The van der Waals surface area contributed by atoms with E-state index in [4.69, 9.17) is 0 Å². The van der Waals surface area contributed by atoms with E-state index in [1.54, 1.807) is 13.0 Å². The average Bonchev–Trinajstić information content (AvgIpc) is 2.45. The summed E-state index contributed by atoms with van der Waals surface area (Å²) in [6.07, 6.45) is 1.31. The lowest BCUT2D eigenvalue weighted by atomic mass is 10.2. The fourth-order valence-corrected chi connectivity index (χ4v) is 2.15. The first-order valence-corrected chi connectivity index (χ1v) is 6.97. The third-order valence-corrected chi connectivity index (χ3v) is 3.34. The van der Waals surface area contributed by atoms with Crippen LogP contribution in [-0.2, 0) is 0 Å². The number of hydrogen-bond acceptors (Lipinski definition) is 3. The maximum Gasteiger partial charge on any atom is 0.258 e. The van der Waals surface area contributed by atoms with Crippen molar-refractivity contribution in [1.29, 1.82) is 0 Å². The summed E-state index contributed by atoms with van der Waals surface area (Å²) in [5.74, 6) is -2.15. The minimum Gasteiger partial charge on any atom is -0.368 e. The fourth-order valence-electron chi connectivity index (χ4n) is 1.71.